The van der Waals surface area contributed by atoms with Gasteiger partial charge in [0.05, 0.1) is 7.11 Å². The number of nitrogens with one attached hydrogen (secondary N) is 1. The molecule has 0 aliphatic heterocycles. The molecule has 0 atom stereocenters. The van der Waals surface area contributed by atoms with Gasteiger partial charge in [0.2, 0.25) is 5.82 Å². The highest BCUT2D eigenvalue weighted by atomic mass is 19.1. The van der Waals surface area contributed by atoms with Gasteiger partial charge in [-0.1, -0.05) is 5.16 Å². The topological polar surface area (TPSA) is 77.3 Å². The van der Waals surface area contributed by atoms with Gasteiger partial charge in [-0.05, 0) is 72.8 Å². The molecule has 1 N–H and O–H groups in total. The van der Waals surface area contributed by atoms with Crippen molar-refractivity contribution in [2.45, 2.75) is 0 Å². The van der Waals surface area contributed by atoms with Gasteiger partial charge in [0.15, 0.2) is 0 Å². The van der Waals surface area contributed by atoms with Gasteiger partial charge in [-0.25, -0.2) is 4.39 Å². The van der Waals surface area contributed by atoms with Crippen molar-refractivity contribution < 1.29 is 18.4 Å². The number of hydrogen-bond donors (Lipinski definition) is 1. The lowest BCUT2D eigenvalue weighted by molar-refractivity contribution is 0.102. The van der Waals surface area contributed by atoms with Gasteiger partial charge >= 0.3 is 0 Å². The first-order valence-electron chi connectivity index (χ1n) is 8.78. The number of carbonyl (C=O) groups is 1. The summed E-state index contributed by atoms with van der Waals surface area (Å²) in [5.74, 6) is 0.871. The summed E-state index contributed by atoms with van der Waals surface area (Å²) in [5.41, 5.74) is 2.50. The Balaban J connectivity index is 1.47. The normalized spacial score (nSPS) is 10.6. The molecule has 1 aromatic heterocycles. The standard InChI is InChI=1S/C22H16FN3O3/c1-28-19-12-6-14(7-13-19)20-25-22(29-26-20)16-4-10-18(11-5-16)24-21(27)15-2-8-17(23)9-3-15/h2-13H,1H3,(H,24,27). The minimum atomic E-state index is -0.389. The summed E-state index contributed by atoms with van der Waals surface area (Å²) >= 11 is 0. The first kappa shape index (κ1) is 18.4. The minimum absolute atomic E-state index is 0.322. The van der Waals surface area contributed by atoms with Crippen LogP contribution in [-0.2, 0) is 0 Å². The summed E-state index contributed by atoms with van der Waals surface area (Å²) in [6, 6.07) is 19.7. The number of benzene rings is 3. The lowest BCUT2D eigenvalue weighted by atomic mass is 10.1. The van der Waals surface area contributed by atoms with Crippen molar-refractivity contribution in [1.82, 2.24) is 10.1 Å². The summed E-state index contributed by atoms with van der Waals surface area (Å²) in [6.45, 7) is 0. The maximum atomic E-state index is 13.0. The molecule has 0 bridgehead atoms. The summed E-state index contributed by atoms with van der Waals surface area (Å²) in [5, 5.41) is 6.77. The molecule has 0 unspecified atom stereocenters. The average molecular weight is 389 g/mol. The van der Waals surface area contributed by atoms with Crippen molar-refractivity contribution in [3.8, 4) is 28.6 Å². The van der Waals surface area contributed by atoms with Gasteiger partial charge in [-0.3, -0.25) is 4.79 Å². The Morgan fingerprint density at radius 2 is 1.59 bits per heavy atom. The zero-order chi connectivity index (χ0) is 20.2. The van der Waals surface area contributed by atoms with E-state index in [1.54, 1.807) is 31.4 Å². The first-order chi connectivity index (χ1) is 14.1. The molecule has 0 spiro atoms. The molecule has 29 heavy (non-hydrogen) atoms. The van der Waals surface area contributed by atoms with Crippen LogP contribution in [-0.4, -0.2) is 23.2 Å². The maximum Gasteiger partial charge on any atom is 0.258 e. The van der Waals surface area contributed by atoms with Crippen LogP contribution >= 0.6 is 0 Å². The van der Waals surface area contributed by atoms with E-state index < -0.39 is 0 Å². The number of rotatable bonds is 5. The Morgan fingerprint density at radius 3 is 2.24 bits per heavy atom. The van der Waals surface area contributed by atoms with Crippen LogP contribution < -0.4 is 10.1 Å². The lowest BCUT2D eigenvalue weighted by Gasteiger charge is -2.05. The number of ether oxygens (including phenoxy) is 1. The number of anilines is 1. The predicted octanol–water partition coefficient (Wildman–Crippen LogP) is 4.80. The molecule has 0 fully saturated rings. The van der Waals surface area contributed by atoms with Crippen LogP contribution in [0.2, 0.25) is 0 Å². The van der Waals surface area contributed by atoms with E-state index in [1.165, 1.54) is 24.3 Å². The molecule has 7 heteroatoms. The number of amides is 1. The molecule has 0 saturated heterocycles. The third-order valence-electron chi connectivity index (χ3n) is 4.27. The van der Waals surface area contributed by atoms with E-state index in [1.807, 2.05) is 24.3 Å². The van der Waals surface area contributed by atoms with E-state index in [4.69, 9.17) is 9.26 Å². The minimum Gasteiger partial charge on any atom is -0.497 e. The van der Waals surface area contributed by atoms with E-state index in [0.29, 0.717) is 23.0 Å². The van der Waals surface area contributed by atoms with Gasteiger partial charge < -0.3 is 14.6 Å². The fraction of sp³-hybridized carbons (Fsp3) is 0.0455. The molecule has 4 aromatic rings. The summed E-state index contributed by atoms with van der Waals surface area (Å²) < 4.78 is 23.5. The molecule has 144 valence electrons. The van der Waals surface area contributed by atoms with Crippen molar-refractivity contribution in [2.24, 2.45) is 0 Å². The second kappa shape index (κ2) is 7.93. The number of methoxy groups -OCH3 is 1. The maximum absolute atomic E-state index is 13.0. The summed E-state index contributed by atoms with van der Waals surface area (Å²) in [6.07, 6.45) is 0. The molecule has 6 nitrogen and oxygen atoms in total. The molecule has 3 aromatic carbocycles. The van der Waals surface area contributed by atoms with E-state index in [2.05, 4.69) is 15.5 Å². The van der Waals surface area contributed by atoms with Crippen LogP contribution in [0.5, 0.6) is 5.75 Å². The number of carbonyl (C=O) groups excluding carboxylic acids is 1. The SMILES string of the molecule is COc1ccc(-c2noc(-c3ccc(NC(=O)c4ccc(F)cc4)cc3)n2)cc1. The third-order valence-corrected chi connectivity index (χ3v) is 4.27. The van der Waals surface area contributed by atoms with E-state index >= 15 is 0 Å². The number of hydrogen-bond acceptors (Lipinski definition) is 5. The Hall–Kier alpha value is -4.00. The second-order valence-electron chi connectivity index (χ2n) is 6.19. The highest BCUT2D eigenvalue weighted by Gasteiger charge is 2.12. The molecule has 4 rings (SSSR count). The Bertz CT molecular complexity index is 1120. The Labute approximate surface area is 166 Å². The molecule has 0 aliphatic carbocycles. The Morgan fingerprint density at radius 1 is 0.931 bits per heavy atom. The number of nitrogens with zero attached hydrogens (tertiary/aromatic N) is 2. The molecular weight excluding hydrogens is 373 g/mol. The van der Waals surface area contributed by atoms with Gasteiger partial charge in [-0.2, -0.15) is 4.98 Å². The van der Waals surface area contributed by atoms with Crippen molar-refractivity contribution in [3.63, 3.8) is 0 Å². The monoisotopic (exact) mass is 389 g/mol. The van der Waals surface area contributed by atoms with Gasteiger partial charge in [0.1, 0.15) is 11.6 Å². The van der Waals surface area contributed by atoms with Crippen molar-refractivity contribution in [1.29, 1.82) is 0 Å². The van der Waals surface area contributed by atoms with Crippen LogP contribution in [0, 0.1) is 5.82 Å². The fourth-order valence-corrected chi connectivity index (χ4v) is 2.70. The molecule has 1 heterocycles. The summed E-state index contributed by atoms with van der Waals surface area (Å²) in [7, 11) is 1.60. The van der Waals surface area contributed by atoms with Gasteiger partial charge in [-0.15, -0.1) is 0 Å². The van der Waals surface area contributed by atoms with Crippen LogP contribution in [0.1, 0.15) is 10.4 Å². The lowest BCUT2D eigenvalue weighted by Crippen LogP contribution is -2.11. The number of halogens is 1. The van der Waals surface area contributed by atoms with E-state index in [9.17, 15) is 9.18 Å². The van der Waals surface area contributed by atoms with Gasteiger partial charge in [0.25, 0.3) is 11.8 Å². The quantitative estimate of drug-likeness (QED) is 0.530. The molecule has 0 saturated carbocycles. The van der Waals surface area contributed by atoms with Crippen LogP contribution in [0.15, 0.2) is 77.3 Å². The molecule has 1 amide bonds. The highest BCUT2D eigenvalue weighted by molar-refractivity contribution is 6.04. The van der Waals surface area contributed by atoms with Crippen LogP contribution in [0.3, 0.4) is 0 Å². The van der Waals surface area contributed by atoms with Gasteiger partial charge in [0, 0.05) is 22.4 Å². The highest BCUT2D eigenvalue weighted by Crippen LogP contribution is 2.25. The first-order valence-corrected chi connectivity index (χ1v) is 8.78. The average Bonchev–Trinajstić information content (AvgIpc) is 3.25. The van der Waals surface area contributed by atoms with Crippen molar-refractivity contribution in [2.75, 3.05) is 12.4 Å². The summed E-state index contributed by atoms with van der Waals surface area (Å²) in [4.78, 5) is 16.6. The molecule has 0 aliphatic rings. The molecule has 0 radical (unpaired) electrons. The van der Waals surface area contributed by atoms with Crippen molar-refractivity contribution >= 4 is 11.6 Å². The van der Waals surface area contributed by atoms with E-state index in [0.717, 1.165) is 16.9 Å². The predicted molar refractivity (Wildman–Crippen MR) is 106 cm³/mol. The zero-order valence-electron chi connectivity index (χ0n) is 15.4. The zero-order valence-corrected chi connectivity index (χ0v) is 15.4. The largest absolute Gasteiger partial charge is 0.497 e. The Kier molecular flexibility index (Phi) is 5.03. The fourth-order valence-electron chi connectivity index (χ4n) is 2.70. The second-order valence-corrected chi connectivity index (χ2v) is 6.19. The van der Waals surface area contributed by atoms with Crippen LogP contribution in [0.25, 0.3) is 22.8 Å². The van der Waals surface area contributed by atoms with E-state index in [-0.39, 0.29) is 11.7 Å². The van der Waals surface area contributed by atoms with Crippen molar-refractivity contribution in [3.05, 3.63) is 84.2 Å². The number of aromatic nitrogens is 2. The third kappa shape index (κ3) is 4.14. The molecular formula is C22H16FN3O3. The smallest absolute Gasteiger partial charge is 0.258 e. The van der Waals surface area contributed by atoms with Crippen LogP contribution in [0.4, 0.5) is 10.1 Å².